The number of likely N-dealkylation sites (tertiary alicyclic amines) is 1. The largest absolute Gasteiger partial charge is 0.329 e. The van der Waals surface area contributed by atoms with Crippen LogP contribution < -0.4 is 11.3 Å². The SMILES string of the molecule is Cc1ccc2nc(CN3CCCC(C)C3CN)cc(=O)n2c1. The van der Waals surface area contributed by atoms with Gasteiger partial charge in [-0.1, -0.05) is 13.0 Å². The molecular formula is C17H24N4O. The molecule has 2 atom stereocenters. The van der Waals surface area contributed by atoms with Crippen LogP contribution in [0.15, 0.2) is 29.2 Å². The minimum absolute atomic E-state index is 0.0157. The highest BCUT2D eigenvalue weighted by Crippen LogP contribution is 2.23. The molecule has 3 heterocycles. The van der Waals surface area contributed by atoms with Gasteiger partial charge in [0.2, 0.25) is 0 Å². The maximum atomic E-state index is 12.3. The monoisotopic (exact) mass is 300 g/mol. The minimum atomic E-state index is -0.0157. The standard InChI is InChI=1S/C17H24N4O/c1-12-5-6-16-19-14(8-17(22)21(16)10-12)11-20-7-3-4-13(2)15(20)9-18/h5-6,8,10,13,15H,3-4,7,9,11,18H2,1-2H3. The smallest absolute Gasteiger partial charge is 0.258 e. The summed E-state index contributed by atoms with van der Waals surface area (Å²) < 4.78 is 1.61. The molecule has 2 aromatic heterocycles. The Balaban J connectivity index is 1.90. The van der Waals surface area contributed by atoms with Crippen LogP contribution in [0.3, 0.4) is 0 Å². The van der Waals surface area contributed by atoms with E-state index in [4.69, 9.17) is 5.73 Å². The van der Waals surface area contributed by atoms with Gasteiger partial charge in [0.05, 0.1) is 5.69 Å². The molecule has 5 nitrogen and oxygen atoms in total. The summed E-state index contributed by atoms with van der Waals surface area (Å²) >= 11 is 0. The van der Waals surface area contributed by atoms with Crippen molar-refractivity contribution >= 4 is 5.65 Å². The first kappa shape index (κ1) is 15.2. The van der Waals surface area contributed by atoms with E-state index in [1.807, 2.05) is 25.3 Å². The molecule has 2 unspecified atom stereocenters. The van der Waals surface area contributed by atoms with E-state index in [9.17, 15) is 4.79 Å². The number of aryl methyl sites for hydroxylation is 1. The number of nitrogens with two attached hydrogens (primary N) is 1. The van der Waals surface area contributed by atoms with Crippen molar-refractivity contribution in [2.24, 2.45) is 11.7 Å². The molecule has 2 N–H and O–H groups in total. The highest BCUT2D eigenvalue weighted by molar-refractivity contribution is 5.39. The molecule has 0 saturated carbocycles. The van der Waals surface area contributed by atoms with Crippen molar-refractivity contribution < 1.29 is 0 Å². The van der Waals surface area contributed by atoms with Gasteiger partial charge in [-0.2, -0.15) is 0 Å². The third kappa shape index (κ3) is 2.91. The third-order valence-electron chi connectivity index (χ3n) is 4.70. The predicted molar refractivity (Wildman–Crippen MR) is 87.8 cm³/mol. The van der Waals surface area contributed by atoms with Crippen LogP contribution >= 0.6 is 0 Å². The molecular weight excluding hydrogens is 276 g/mol. The Kier molecular flexibility index (Phi) is 4.27. The highest BCUT2D eigenvalue weighted by Gasteiger charge is 2.27. The summed E-state index contributed by atoms with van der Waals surface area (Å²) in [4.78, 5) is 19.3. The number of rotatable bonds is 3. The van der Waals surface area contributed by atoms with Crippen molar-refractivity contribution in [2.45, 2.75) is 39.3 Å². The first-order valence-electron chi connectivity index (χ1n) is 8.01. The summed E-state index contributed by atoms with van der Waals surface area (Å²) in [7, 11) is 0. The van der Waals surface area contributed by atoms with Crippen molar-refractivity contribution in [3.8, 4) is 0 Å². The maximum absolute atomic E-state index is 12.3. The summed E-state index contributed by atoms with van der Waals surface area (Å²) in [5.74, 6) is 0.600. The number of piperidine rings is 1. The Morgan fingerprint density at radius 3 is 3.00 bits per heavy atom. The molecule has 5 heteroatoms. The topological polar surface area (TPSA) is 63.6 Å². The summed E-state index contributed by atoms with van der Waals surface area (Å²) in [6.45, 7) is 6.62. The van der Waals surface area contributed by atoms with Crippen LogP contribution in [0.25, 0.3) is 5.65 Å². The lowest BCUT2D eigenvalue weighted by molar-refractivity contribution is 0.0978. The second-order valence-corrected chi connectivity index (χ2v) is 6.41. The molecule has 2 aromatic rings. The fourth-order valence-electron chi connectivity index (χ4n) is 3.46. The normalized spacial score (nSPS) is 23.0. The van der Waals surface area contributed by atoms with Crippen LogP contribution in [0.4, 0.5) is 0 Å². The maximum Gasteiger partial charge on any atom is 0.258 e. The molecule has 0 amide bonds. The van der Waals surface area contributed by atoms with E-state index in [-0.39, 0.29) is 5.56 Å². The number of hydrogen-bond acceptors (Lipinski definition) is 4. The lowest BCUT2D eigenvalue weighted by Crippen LogP contribution is -2.48. The Morgan fingerprint density at radius 1 is 1.41 bits per heavy atom. The second-order valence-electron chi connectivity index (χ2n) is 6.41. The summed E-state index contributed by atoms with van der Waals surface area (Å²) in [6.07, 6.45) is 4.25. The van der Waals surface area contributed by atoms with Gasteiger partial charge in [-0.25, -0.2) is 4.98 Å². The molecule has 0 spiro atoms. The lowest BCUT2D eigenvalue weighted by Gasteiger charge is -2.39. The molecule has 1 saturated heterocycles. The van der Waals surface area contributed by atoms with Crippen molar-refractivity contribution in [3.63, 3.8) is 0 Å². The van der Waals surface area contributed by atoms with Crippen LogP contribution in [-0.4, -0.2) is 33.4 Å². The fourth-order valence-corrected chi connectivity index (χ4v) is 3.46. The Hall–Kier alpha value is -1.72. The number of pyridine rings is 1. The molecule has 1 aliphatic heterocycles. The van der Waals surface area contributed by atoms with E-state index >= 15 is 0 Å². The molecule has 0 bridgehead atoms. The van der Waals surface area contributed by atoms with Gasteiger partial charge in [-0.3, -0.25) is 14.1 Å². The van der Waals surface area contributed by atoms with E-state index < -0.39 is 0 Å². The summed E-state index contributed by atoms with van der Waals surface area (Å²) in [5, 5.41) is 0. The number of hydrogen-bond donors (Lipinski definition) is 1. The van der Waals surface area contributed by atoms with Gasteiger partial charge >= 0.3 is 0 Å². The lowest BCUT2D eigenvalue weighted by atomic mass is 9.90. The molecule has 22 heavy (non-hydrogen) atoms. The second kappa shape index (κ2) is 6.18. The predicted octanol–water partition coefficient (Wildman–Crippen LogP) is 1.56. The van der Waals surface area contributed by atoms with Gasteiger partial charge in [0.15, 0.2) is 0 Å². The zero-order chi connectivity index (χ0) is 15.7. The van der Waals surface area contributed by atoms with Gasteiger partial charge in [-0.05, 0) is 43.9 Å². The molecule has 1 aliphatic rings. The van der Waals surface area contributed by atoms with Gasteiger partial charge in [0.1, 0.15) is 5.65 Å². The van der Waals surface area contributed by atoms with Crippen LogP contribution in [0.5, 0.6) is 0 Å². The van der Waals surface area contributed by atoms with Crippen LogP contribution in [-0.2, 0) is 6.54 Å². The number of aromatic nitrogens is 2. The van der Waals surface area contributed by atoms with E-state index in [1.54, 1.807) is 10.5 Å². The molecule has 0 radical (unpaired) electrons. The summed E-state index contributed by atoms with van der Waals surface area (Å²) in [5.41, 5.74) is 8.53. The highest BCUT2D eigenvalue weighted by atomic mass is 16.1. The zero-order valence-electron chi connectivity index (χ0n) is 13.3. The van der Waals surface area contributed by atoms with Gasteiger partial charge in [0, 0.05) is 31.4 Å². The molecule has 1 fully saturated rings. The molecule has 118 valence electrons. The number of fused-ring (bicyclic) bond motifs is 1. The first-order chi connectivity index (χ1) is 10.6. The van der Waals surface area contributed by atoms with E-state index in [0.29, 0.717) is 30.7 Å². The Morgan fingerprint density at radius 2 is 2.23 bits per heavy atom. The molecule has 0 aliphatic carbocycles. The van der Waals surface area contributed by atoms with E-state index in [2.05, 4.69) is 16.8 Å². The summed E-state index contributed by atoms with van der Waals surface area (Å²) in [6, 6.07) is 5.92. The van der Waals surface area contributed by atoms with Gasteiger partial charge in [0.25, 0.3) is 5.56 Å². The van der Waals surface area contributed by atoms with Gasteiger partial charge < -0.3 is 5.73 Å². The van der Waals surface area contributed by atoms with Crippen LogP contribution in [0, 0.1) is 12.8 Å². The first-order valence-corrected chi connectivity index (χ1v) is 8.01. The Bertz CT molecular complexity index is 724. The van der Waals surface area contributed by atoms with Crippen molar-refractivity contribution in [1.82, 2.24) is 14.3 Å². The average Bonchev–Trinajstić information content (AvgIpc) is 2.48. The Labute approximate surface area is 130 Å². The zero-order valence-corrected chi connectivity index (χ0v) is 13.3. The van der Waals surface area contributed by atoms with Crippen molar-refractivity contribution in [3.05, 3.63) is 46.0 Å². The minimum Gasteiger partial charge on any atom is -0.329 e. The average molecular weight is 300 g/mol. The number of nitrogens with zero attached hydrogens (tertiary/aromatic N) is 3. The third-order valence-corrected chi connectivity index (χ3v) is 4.70. The quantitative estimate of drug-likeness (QED) is 0.934. The van der Waals surface area contributed by atoms with Crippen LogP contribution in [0.1, 0.15) is 31.0 Å². The molecule has 0 aromatic carbocycles. The van der Waals surface area contributed by atoms with E-state index in [1.165, 1.54) is 12.8 Å². The molecule has 3 rings (SSSR count). The van der Waals surface area contributed by atoms with Gasteiger partial charge in [-0.15, -0.1) is 0 Å². The van der Waals surface area contributed by atoms with Crippen molar-refractivity contribution in [1.29, 1.82) is 0 Å². The van der Waals surface area contributed by atoms with Crippen LogP contribution in [0.2, 0.25) is 0 Å². The van der Waals surface area contributed by atoms with E-state index in [0.717, 1.165) is 17.8 Å². The fraction of sp³-hybridized carbons (Fsp3) is 0.529. The van der Waals surface area contributed by atoms with Crippen molar-refractivity contribution in [2.75, 3.05) is 13.1 Å².